The fraction of sp³-hybridized carbons (Fsp3) is 0.0714. The molecule has 0 saturated heterocycles. The Balaban J connectivity index is 2.20. The third-order valence-corrected chi connectivity index (χ3v) is 2.70. The van der Waals surface area contributed by atoms with Gasteiger partial charge in [0, 0.05) is 10.7 Å². The van der Waals surface area contributed by atoms with Gasteiger partial charge < -0.3 is 5.32 Å². The number of rotatable bonds is 3. The maximum Gasteiger partial charge on any atom is 0.140 e. The van der Waals surface area contributed by atoms with E-state index < -0.39 is 6.04 Å². The molecule has 4 heteroatoms. The Hall–Kier alpha value is -2.05. The highest BCUT2D eigenvalue weighted by atomic mass is 35.5. The lowest BCUT2D eigenvalue weighted by Crippen LogP contribution is -2.08. The summed E-state index contributed by atoms with van der Waals surface area (Å²) in [6, 6.07) is 14.6. The molecule has 0 bridgehead atoms. The third-order valence-electron chi connectivity index (χ3n) is 2.47. The van der Waals surface area contributed by atoms with Crippen LogP contribution in [0.15, 0.2) is 48.5 Å². The summed E-state index contributed by atoms with van der Waals surface area (Å²) in [6.45, 7) is 0. The minimum Gasteiger partial charge on any atom is -0.366 e. The summed E-state index contributed by atoms with van der Waals surface area (Å²) >= 11 is 5.88. The molecule has 0 saturated carbocycles. The molecule has 0 aliphatic carbocycles. The van der Waals surface area contributed by atoms with Gasteiger partial charge >= 0.3 is 0 Å². The SMILES string of the molecule is N#CC(Nc1ccc(F)cc1)c1cccc(Cl)c1. The topological polar surface area (TPSA) is 35.8 Å². The standard InChI is InChI=1S/C14H10ClFN2/c15-11-3-1-2-10(8-11)14(9-17)18-13-6-4-12(16)5-7-13/h1-8,14,18H. The van der Waals surface area contributed by atoms with Crippen LogP contribution in [-0.4, -0.2) is 0 Å². The molecule has 0 spiro atoms. The molecular weight excluding hydrogens is 251 g/mol. The predicted octanol–water partition coefficient (Wildman–Crippen LogP) is 4.16. The average Bonchev–Trinajstić information content (AvgIpc) is 2.38. The largest absolute Gasteiger partial charge is 0.366 e. The zero-order valence-electron chi connectivity index (χ0n) is 9.40. The molecule has 2 aromatic rings. The van der Waals surface area contributed by atoms with Crippen LogP contribution in [0.2, 0.25) is 5.02 Å². The monoisotopic (exact) mass is 260 g/mol. The van der Waals surface area contributed by atoms with E-state index in [1.165, 1.54) is 12.1 Å². The molecule has 0 aliphatic rings. The smallest absolute Gasteiger partial charge is 0.140 e. The highest BCUT2D eigenvalue weighted by Gasteiger charge is 2.10. The van der Waals surface area contributed by atoms with Gasteiger partial charge in [-0.05, 0) is 42.0 Å². The number of anilines is 1. The molecule has 0 radical (unpaired) electrons. The summed E-state index contributed by atoms with van der Waals surface area (Å²) in [7, 11) is 0. The van der Waals surface area contributed by atoms with Crippen molar-refractivity contribution in [2.75, 3.05) is 5.32 Å². The van der Waals surface area contributed by atoms with Crippen LogP contribution >= 0.6 is 11.6 Å². The molecule has 2 aromatic carbocycles. The first-order valence-corrected chi connectivity index (χ1v) is 5.74. The molecule has 0 amide bonds. The van der Waals surface area contributed by atoms with Gasteiger partial charge in [-0.3, -0.25) is 0 Å². The van der Waals surface area contributed by atoms with E-state index in [1.807, 2.05) is 6.07 Å². The van der Waals surface area contributed by atoms with E-state index in [4.69, 9.17) is 16.9 Å². The van der Waals surface area contributed by atoms with Gasteiger partial charge in [0.15, 0.2) is 0 Å². The van der Waals surface area contributed by atoms with E-state index in [0.717, 1.165) is 5.56 Å². The van der Waals surface area contributed by atoms with Crippen LogP contribution in [0.3, 0.4) is 0 Å². The molecule has 2 nitrogen and oxygen atoms in total. The second-order valence-corrected chi connectivity index (χ2v) is 4.20. The molecule has 0 aliphatic heterocycles. The fourth-order valence-corrected chi connectivity index (χ4v) is 1.79. The Morgan fingerprint density at radius 2 is 1.89 bits per heavy atom. The summed E-state index contributed by atoms with van der Waals surface area (Å²) in [6.07, 6.45) is 0. The normalized spacial score (nSPS) is 11.6. The summed E-state index contributed by atoms with van der Waals surface area (Å²) in [5.74, 6) is -0.309. The molecule has 0 aromatic heterocycles. The number of hydrogen-bond donors (Lipinski definition) is 1. The van der Waals surface area contributed by atoms with Crippen molar-refractivity contribution in [3.05, 3.63) is 64.9 Å². The minimum atomic E-state index is -0.519. The quantitative estimate of drug-likeness (QED) is 0.900. The zero-order chi connectivity index (χ0) is 13.0. The molecule has 0 fully saturated rings. The van der Waals surface area contributed by atoms with E-state index in [2.05, 4.69) is 11.4 Å². The first kappa shape index (κ1) is 12.4. The lowest BCUT2D eigenvalue weighted by atomic mass is 10.1. The highest BCUT2D eigenvalue weighted by Crippen LogP contribution is 2.21. The number of halogens is 2. The molecular formula is C14H10ClFN2. The van der Waals surface area contributed by atoms with Gasteiger partial charge in [-0.1, -0.05) is 23.7 Å². The molecule has 1 N–H and O–H groups in total. The van der Waals surface area contributed by atoms with Crippen molar-refractivity contribution in [1.29, 1.82) is 5.26 Å². The summed E-state index contributed by atoms with van der Waals surface area (Å²) in [5, 5.41) is 12.7. The lowest BCUT2D eigenvalue weighted by Gasteiger charge is -2.13. The third kappa shape index (κ3) is 2.99. The number of nitriles is 1. The van der Waals surface area contributed by atoms with Crippen LogP contribution in [0.4, 0.5) is 10.1 Å². The van der Waals surface area contributed by atoms with Gasteiger partial charge in [-0.15, -0.1) is 0 Å². The van der Waals surface area contributed by atoms with Crippen LogP contribution in [0.5, 0.6) is 0 Å². The summed E-state index contributed by atoms with van der Waals surface area (Å²) in [5.41, 5.74) is 1.46. The predicted molar refractivity (Wildman–Crippen MR) is 69.8 cm³/mol. The van der Waals surface area contributed by atoms with E-state index in [9.17, 15) is 4.39 Å². The van der Waals surface area contributed by atoms with Gasteiger partial charge in [0.1, 0.15) is 11.9 Å². The van der Waals surface area contributed by atoms with E-state index in [1.54, 1.807) is 30.3 Å². The molecule has 1 atom stereocenters. The summed E-state index contributed by atoms with van der Waals surface area (Å²) in [4.78, 5) is 0. The summed E-state index contributed by atoms with van der Waals surface area (Å²) < 4.78 is 12.8. The first-order chi connectivity index (χ1) is 8.69. The molecule has 1 unspecified atom stereocenters. The second-order valence-electron chi connectivity index (χ2n) is 3.77. The fourth-order valence-electron chi connectivity index (χ4n) is 1.59. The number of nitrogens with one attached hydrogen (secondary N) is 1. The van der Waals surface area contributed by atoms with Gasteiger partial charge in [-0.2, -0.15) is 5.26 Å². The Labute approximate surface area is 110 Å². The molecule has 2 rings (SSSR count). The van der Waals surface area contributed by atoms with E-state index >= 15 is 0 Å². The number of hydrogen-bond acceptors (Lipinski definition) is 2. The van der Waals surface area contributed by atoms with E-state index in [0.29, 0.717) is 10.7 Å². The number of nitrogens with zero attached hydrogens (tertiary/aromatic N) is 1. The zero-order valence-corrected chi connectivity index (χ0v) is 10.2. The minimum absolute atomic E-state index is 0.309. The van der Waals surface area contributed by atoms with Gasteiger partial charge in [0.2, 0.25) is 0 Å². The van der Waals surface area contributed by atoms with Crippen LogP contribution < -0.4 is 5.32 Å². The molecule has 18 heavy (non-hydrogen) atoms. The maximum absolute atomic E-state index is 12.8. The Morgan fingerprint density at radius 1 is 1.17 bits per heavy atom. The first-order valence-electron chi connectivity index (χ1n) is 5.36. The molecule has 90 valence electrons. The Bertz CT molecular complexity index is 575. The van der Waals surface area contributed by atoms with Crippen molar-refractivity contribution >= 4 is 17.3 Å². The van der Waals surface area contributed by atoms with Crippen molar-refractivity contribution in [1.82, 2.24) is 0 Å². The van der Waals surface area contributed by atoms with Crippen molar-refractivity contribution < 1.29 is 4.39 Å². The second kappa shape index (κ2) is 5.52. The number of benzene rings is 2. The Morgan fingerprint density at radius 3 is 2.50 bits per heavy atom. The van der Waals surface area contributed by atoms with Crippen molar-refractivity contribution in [2.45, 2.75) is 6.04 Å². The highest BCUT2D eigenvalue weighted by molar-refractivity contribution is 6.30. The maximum atomic E-state index is 12.8. The Kier molecular flexibility index (Phi) is 3.81. The van der Waals surface area contributed by atoms with Crippen molar-refractivity contribution in [3.63, 3.8) is 0 Å². The van der Waals surface area contributed by atoms with Gasteiger partial charge in [0.25, 0.3) is 0 Å². The van der Waals surface area contributed by atoms with Crippen LogP contribution in [-0.2, 0) is 0 Å². The van der Waals surface area contributed by atoms with Crippen LogP contribution in [0.25, 0.3) is 0 Å². The van der Waals surface area contributed by atoms with Crippen molar-refractivity contribution in [3.8, 4) is 6.07 Å². The van der Waals surface area contributed by atoms with Crippen LogP contribution in [0.1, 0.15) is 11.6 Å². The van der Waals surface area contributed by atoms with Crippen LogP contribution in [0, 0.1) is 17.1 Å². The van der Waals surface area contributed by atoms with Gasteiger partial charge in [0.05, 0.1) is 6.07 Å². The van der Waals surface area contributed by atoms with Gasteiger partial charge in [-0.25, -0.2) is 4.39 Å². The molecule has 0 heterocycles. The van der Waals surface area contributed by atoms with Crippen molar-refractivity contribution in [2.24, 2.45) is 0 Å². The lowest BCUT2D eigenvalue weighted by molar-refractivity contribution is 0.628. The average molecular weight is 261 g/mol. The van der Waals surface area contributed by atoms with E-state index in [-0.39, 0.29) is 5.82 Å².